The lowest BCUT2D eigenvalue weighted by molar-refractivity contribution is -0.0482. The number of nitrogens with zero attached hydrogens (tertiary/aromatic N) is 2. The maximum Gasteiger partial charge on any atom is 0.120 e. The van der Waals surface area contributed by atoms with Crippen LogP contribution in [0.3, 0.4) is 0 Å². The lowest BCUT2D eigenvalue weighted by atomic mass is 9.97. The summed E-state index contributed by atoms with van der Waals surface area (Å²) in [5.41, 5.74) is 9.56. The van der Waals surface area contributed by atoms with Crippen LogP contribution >= 0.6 is 0 Å². The van der Waals surface area contributed by atoms with Gasteiger partial charge in [0, 0.05) is 51.7 Å². The molecule has 2 unspecified atom stereocenters. The van der Waals surface area contributed by atoms with Crippen LogP contribution in [0.4, 0.5) is 0 Å². The van der Waals surface area contributed by atoms with Gasteiger partial charge in [-0.2, -0.15) is 0 Å². The fraction of sp³-hybridized carbons (Fsp3) is 0.577. The normalized spacial score (nSPS) is 15.5. The Morgan fingerprint density at radius 3 is 2.55 bits per heavy atom. The van der Waals surface area contributed by atoms with Crippen molar-refractivity contribution in [3.63, 3.8) is 0 Å². The van der Waals surface area contributed by atoms with Crippen molar-refractivity contribution < 1.29 is 19.3 Å². The fourth-order valence-electron chi connectivity index (χ4n) is 4.17. The largest absolute Gasteiger partial charge is 0.491 e. The van der Waals surface area contributed by atoms with E-state index in [-0.39, 0.29) is 5.92 Å². The number of pyridine rings is 1. The monoisotopic (exact) mass is 457 g/mol. The van der Waals surface area contributed by atoms with Gasteiger partial charge in [-0.3, -0.25) is 9.88 Å². The van der Waals surface area contributed by atoms with Crippen LogP contribution in [-0.2, 0) is 28.9 Å². The van der Waals surface area contributed by atoms with Crippen LogP contribution in [0.15, 0.2) is 42.7 Å². The van der Waals surface area contributed by atoms with Crippen molar-refractivity contribution in [2.45, 2.75) is 50.9 Å². The molecule has 7 nitrogen and oxygen atoms in total. The summed E-state index contributed by atoms with van der Waals surface area (Å²) in [5, 5.41) is 11.3. The van der Waals surface area contributed by atoms with Crippen LogP contribution in [0.5, 0.6) is 5.75 Å². The quantitative estimate of drug-likeness (QED) is 0.296. The summed E-state index contributed by atoms with van der Waals surface area (Å²) >= 11 is 0. The van der Waals surface area contributed by atoms with E-state index in [0.717, 1.165) is 49.2 Å². The van der Waals surface area contributed by atoms with E-state index in [1.54, 1.807) is 20.4 Å². The van der Waals surface area contributed by atoms with Crippen molar-refractivity contribution in [3.8, 4) is 5.75 Å². The van der Waals surface area contributed by atoms with Gasteiger partial charge in [0.25, 0.3) is 0 Å². The van der Waals surface area contributed by atoms with Gasteiger partial charge in [-0.15, -0.1) is 0 Å². The van der Waals surface area contributed by atoms with Crippen molar-refractivity contribution >= 4 is 0 Å². The molecule has 0 saturated heterocycles. The highest BCUT2D eigenvalue weighted by atomic mass is 16.5. The predicted octanol–water partition coefficient (Wildman–Crippen LogP) is 2.79. The van der Waals surface area contributed by atoms with Gasteiger partial charge < -0.3 is 25.1 Å². The SMILES string of the molecule is COCCCc1cc(CN(C2CC2)C(O)C(CN)Cc2cccnc2)cc(OCCOC)c1. The zero-order valence-corrected chi connectivity index (χ0v) is 20.0. The highest BCUT2D eigenvalue weighted by Crippen LogP contribution is 2.33. The average molecular weight is 458 g/mol. The molecule has 0 aliphatic heterocycles. The molecule has 2 atom stereocenters. The molecule has 7 heteroatoms. The van der Waals surface area contributed by atoms with Crippen LogP contribution in [0, 0.1) is 5.92 Å². The minimum Gasteiger partial charge on any atom is -0.491 e. The van der Waals surface area contributed by atoms with Gasteiger partial charge in [0.05, 0.1) is 6.61 Å². The number of nitrogens with two attached hydrogens (primary N) is 1. The Bertz CT molecular complexity index is 788. The van der Waals surface area contributed by atoms with Crippen molar-refractivity contribution in [2.75, 3.05) is 40.6 Å². The highest BCUT2D eigenvalue weighted by Gasteiger charge is 2.36. The molecule has 1 aliphatic rings. The molecule has 1 aliphatic carbocycles. The maximum atomic E-state index is 11.3. The van der Waals surface area contributed by atoms with Crippen molar-refractivity contribution in [1.29, 1.82) is 0 Å². The number of rotatable bonds is 16. The second-order valence-corrected chi connectivity index (χ2v) is 8.80. The summed E-state index contributed by atoms with van der Waals surface area (Å²) in [5.74, 6) is 0.782. The molecule has 1 heterocycles. The first kappa shape index (κ1) is 25.6. The van der Waals surface area contributed by atoms with E-state index in [9.17, 15) is 5.11 Å². The van der Waals surface area contributed by atoms with Gasteiger partial charge >= 0.3 is 0 Å². The summed E-state index contributed by atoms with van der Waals surface area (Å²) in [6, 6.07) is 10.7. The summed E-state index contributed by atoms with van der Waals surface area (Å²) in [7, 11) is 3.40. The Balaban J connectivity index is 1.74. The molecular weight excluding hydrogens is 418 g/mol. The lowest BCUT2D eigenvalue weighted by Crippen LogP contribution is -2.45. The molecule has 1 fully saturated rings. The van der Waals surface area contributed by atoms with Gasteiger partial charge in [-0.25, -0.2) is 0 Å². The standard InChI is InChI=1S/C26H39N3O4/c1-31-10-4-6-20-13-22(16-25(15-20)33-12-11-32-2)19-29(24-7-8-24)26(30)23(17-27)14-21-5-3-9-28-18-21/h3,5,9,13,15-16,18,23-24,26,30H,4,6-8,10-12,14,17,19,27H2,1-2H3. The summed E-state index contributed by atoms with van der Waals surface area (Å²) < 4.78 is 16.3. The summed E-state index contributed by atoms with van der Waals surface area (Å²) in [4.78, 5) is 6.41. The third-order valence-corrected chi connectivity index (χ3v) is 6.06. The second kappa shape index (κ2) is 13.6. The second-order valence-electron chi connectivity index (χ2n) is 8.80. The Hall–Kier alpha value is -2.03. The van der Waals surface area contributed by atoms with Crippen molar-refractivity contribution in [2.24, 2.45) is 11.7 Å². The minimum absolute atomic E-state index is 0.0582. The number of aromatic nitrogens is 1. The first-order valence-electron chi connectivity index (χ1n) is 11.9. The zero-order valence-electron chi connectivity index (χ0n) is 20.0. The molecule has 0 spiro atoms. The smallest absolute Gasteiger partial charge is 0.120 e. The molecule has 182 valence electrons. The summed E-state index contributed by atoms with van der Waals surface area (Å²) in [6.45, 7) is 2.86. The van der Waals surface area contributed by atoms with Crippen LogP contribution in [0.25, 0.3) is 0 Å². The molecule has 3 N–H and O–H groups in total. The molecule has 3 rings (SSSR count). The number of aliphatic hydroxyl groups excluding tert-OH is 1. The molecule has 0 radical (unpaired) electrons. The van der Waals surface area contributed by atoms with Gasteiger partial charge in [0.15, 0.2) is 0 Å². The molecule has 1 saturated carbocycles. The first-order chi connectivity index (χ1) is 16.1. The Morgan fingerprint density at radius 2 is 1.88 bits per heavy atom. The number of aryl methyl sites for hydroxylation is 1. The average Bonchev–Trinajstić information content (AvgIpc) is 3.67. The highest BCUT2D eigenvalue weighted by molar-refractivity contribution is 5.35. The van der Waals surface area contributed by atoms with E-state index in [0.29, 0.717) is 38.8 Å². The van der Waals surface area contributed by atoms with Crippen molar-refractivity contribution in [3.05, 3.63) is 59.4 Å². The predicted molar refractivity (Wildman–Crippen MR) is 129 cm³/mol. The number of aliphatic hydroxyl groups is 1. The molecule has 1 aromatic carbocycles. The molecule has 33 heavy (non-hydrogen) atoms. The lowest BCUT2D eigenvalue weighted by Gasteiger charge is -2.33. The maximum absolute atomic E-state index is 11.3. The zero-order chi connectivity index (χ0) is 23.5. The van der Waals surface area contributed by atoms with Gasteiger partial charge in [0.2, 0.25) is 0 Å². The third kappa shape index (κ3) is 8.36. The number of methoxy groups -OCH3 is 2. The van der Waals surface area contributed by atoms with Crippen LogP contribution in [0.2, 0.25) is 0 Å². The van der Waals surface area contributed by atoms with Gasteiger partial charge in [0.1, 0.15) is 18.6 Å². The molecule has 2 aromatic rings. The Kier molecular flexibility index (Phi) is 10.6. The minimum atomic E-state index is -0.613. The van der Waals surface area contributed by atoms with E-state index in [1.807, 2.05) is 18.3 Å². The van der Waals surface area contributed by atoms with Crippen molar-refractivity contribution in [1.82, 2.24) is 9.88 Å². The molecule has 1 aromatic heterocycles. The van der Waals surface area contributed by atoms with Crippen LogP contribution in [-0.4, -0.2) is 67.8 Å². The first-order valence-corrected chi connectivity index (χ1v) is 11.9. The summed E-state index contributed by atoms with van der Waals surface area (Å²) in [6.07, 6.45) is 7.78. The van der Waals surface area contributed by atoms with E-state index in [4.69, 9.17) is 19.9 Å². The Morgan fingerprint density at radius 1 is 1.09 bits per heavy atom. The number of benzene rings is 1. The van der Waals surface area contributed by atoms with Crippen LogP contribution in [0.1, 0.15) is 36.0 Å². The van der Waals surface area contributed by atoms with E-state index < -0.39 is 6.23 Å². The number of hydrogen-bond donors (Lipinski definition) is 2. The van der Waals surface area contributed by atoms with E-state index >= 15 is 0 Å². The Labute approximate surface area is 197 Å². The molecule has 0 amide bonds. The number of hydrogen-bond acceptors (Lipinski definition) is 7. The fourth-order valence-corrected chi connectivity index (χ4v) is 4.17. The van der Waals surface area contributed by atoms with Crippen LogP contribution < -0.4 is 10.5 Å². The molecule has 0 bridgehead atoms. The van der Waals surface area contributed by atoms with E-state index in [2.05, 4.69) is 28.1 Å². The van der Waals surface area contributed by atoms with Gasteiger partial charge in [-0.1, -0.05) is 12.1 Å². The number of ether oxygens (including phenoxy) is 3. The van der Waals surface area contributed by atoms with E-state index in [1.165, 1.54) is 5.56 Å². The topological polar surface area (TPSA) is 90.1 Å². The molecular formula is C26H39N3O4. The third-order valence-electron chi connectivity index (χ3n) is 6.06. The van der Waals surface area contributed by atoms with Gasteiger partial charge in [-0.05, 0) is 73.5 Å².